The van der Waals surface area contributed by atoms with Crippen LogP contribution in [-0.2, 0) is 29.2 Å². The fourth-order valence-electron chi connectivity index (χ4n) is 7.27. The highest BCUT2D eigenvalue weighted by Crippen LogP contribution is 2.41. The molecule has 50 heavy (non-hydrogen) atoms. The van der Waals surface area contributed by atoms with Gasteiger partial charge in [0.1, 0.15) is 17.6 Å². The van der Waals surface area contributed by atoms with Gasteiger partial charge in [-0.25, -0.2) is 0 Å². The molecule has 0 saturated carbocycles. The molecule has 0 spiro atoms. The van der Waals surface area contributed by atoms with Crippen molar-refractivity contribution in [1.29, 1.82) is 0 Å². The SMILES string of the molecule is COc1cc(Cn2ncc3c(-c4cccc(-c5ccc(CN6CC[C@@H](OC=O)C6)c(OC)c5)c4Cl)cccc32)c(Cl)cc1CN1CC[C@@H](O)C1. The summed E-state index contributed by atoms with van der Waals surface area (Å²) in [5.74, 6) is 1.55. The zero-order valence-electron chi connectivity index (χ0n) is 28.1. The molecule has 1 aromatic heterocycles. The van der Waals surface area contributed by atoms with Gasteiger partial charge in [-0.2, -0.15) is 5.10 Å². The fourth-order valence-corrected chi connectivity index (χ4v) is 7.85. The summed E-state index contributed by atoms with van der Waals surface area (Å²) in [5.41, 5.74) is 7.67. The molecule has 0 aliphatic carbocycles. The maximum atomic E-state index is 10.8. The van der Waals surface area contributed by atoms with E-state index in [0.29, 0.717) is 49.2 Å². The highest BCUT2D eigenvalue weighted by Gasteiger charge is 2.25. The van der Waals surface area contributed by atoms with Crippen molar-refractivity contribution in [2.75, 3.05) is 40.4 Å². The van der Waals surface area contributed by atoms with Crippen molar-refractivity contribution in [3.8, 4) is 33.8 Å². The van der Waals surface area contributed by atoms with Gasteiger partial charge in [0.15, 0.2) is 0 Å². The predicted molar refractivity (Wildman–Crippen MR) is 196 cm³/mol. The molecule has 3 heterocycles. The van der Waals surface area contributed by atoms with E-state index < -0.39 is 0 Å². The number of hydrogen-bond acceptors (Lipinski definition) is 8. The number of methoxy groups -OCH3 is 2. The summed E-state index contributed by atoms with van der Waals surface area (Å²) in [6.07, 6.45) is 3.14. The van der Waals surface area contributed by atoms with Gasteiger partial charge in [0, 0.05) is 71.9 Å². The summed E-state index contributed by atoms with van der Waals surface area (Å²) < 4.78 is 18.7. The molecule has 260 valence electrons. The van der Waals surface area contributed by atoms with E-state index in [0.717, 1.165) is 87.3 Å². The van der Waals surface area contributed by atoms with Gasteiger partial charge in [-0.3, -0.25) is 19.3 Å². The minimum atomic E-state index is -0.284. The molecule has 2 saturated heterocycles. The molecular formula is C39H40Cl2N4O5. The maximum absolute atomic E-state index is 10.8. The van der Waals surface area contributed by atoms with Crippen molar-refractivity contribution in [3.63, 3.8) is 0 Å². The summed E-state index contributed by atoms with van der Waals surface area (Å²) in [5, 5.41) is 17.0. The lowest BCUT2D eigenvalue weighted by atomic mass is 9.96. The molecule has 1 N–H and O–H groups in total. The zero-order chi connectivity index (χ0) is 34.8. The molecule has 5 aromatic rings. The van der Waals surface area contributed by atoms with Gasteiger partial charge in [-0.05, 0) is 53.8 Å². The van der Waals surface area contributed by atoms with Crippen molar-refractivity contribution in [2.45, 2.75) is 44.7 Å². The van der Waals surface area contributed by atoms with E-state index in [1.54, 1.807) is 14.2 Å². The van der Waals surface area contributed by atoms with Gasteiger partial charge in [-0.15, -0.1) is 0 Å². The maximum Gasteiger partial charge on any atom is 0.293 e. The lowest BCUT2D eigenvalue weighted by Crippen LogP contribution is -2.23. The van der Waals surface area contributed by atoms with Crippen LogP contribution in [0.25, 0.3) is 33.2 Å². The van der Waals surface area contributed by atoms with Gasteiger partial charge in [0.2, 0.25) is 0 Å². The molecule has 9 nitrogen and oxygen atoms in total. The summed E-state index contributed by atoms with van der Waals surface area (Å²) in [7, 11) is 3.35. The van der Waals surface area contributed by atoms with Crippen molar-refractivity contribution in [2.24, 2.45) is 0 Å². The number of carbonyl (C=O) groups excluding carboxylic acids is 1. The van der Waals surface area contributed by atoms with Crippen LogP contribution >= 0.6 is 23.2 Å². The molecule has 0 bridgehead atoms. The molecule has 11 heteroatoms. The number of aliphatic hydroxyl groups is 1. The minimum absolute atomic E-state index is 0.0644. The van der Waals surface area contributed by atoms with Gasteiger partial charge in [-0.1, -0.05) is 65.7 Å². The normalized spacial score (nSPS) is 18.2. The summed E-state index contributed by atoms with van der Waals surface area (Å²) >= 11 is 14.0. The number of halogens is 2. The average molecular weight is 716 g/mol. The van der Waals surface area contributed by atoms with E-state index in [-0.39, 0.29) is 12.2 Å². The minimum Gasteiger partial charge on any atom is -0.496 e. The molecule has 2 atom stereocenters. The number of rotatable bonds is 12. The first kappa shape index (κ1) is 34.3. The van der Waals surface area contributed by atoms with Crippen LogP contribution in [0, 0.1) is 0 Å². The number of β-amino-alcohol motifs (C(OH)–C–C–N with tert-alkyl or cyclic N) is 1. The van der Waals surface area contributed by atoms with Crippen molar-refractivity contribution < 1.29 is 24.1 Å². The third kappa shape index (κ3) is 7.06. The largest absolute Gasteiger partial charge is 0.496 e. The first-order valence-electron chi connectivity index (χ1n) is 16.8. The number of nitrogens with zero attached hydrogens (tertiary/aromatic N) is 4. The molecule has 7 rings (SSSR count). The Balaban J connectivity index is 1.14. The monoisotopic (exact) mass is 714 g/mol. The Morgan fingerprint density at radius 2 is 1.54 bits per heavy atom. The highest BCUT2D eigenvalue weighted by molar-refractivity contribution is 6.36. The number of likely N-dealkylation sites (tertiary alicyclic amines) is 2. The highest BCUT2D eigenvalue weighted by atomic mass is 35.5. The Morgan fingerprint density at radius 3 is 2.32 bits per heavy atom. The van der Waals surface area contributed by atoms with Crippen molar-refractivity contribution in [1.82, 2.24) is 19.6 Å². The van der Waals surface area contributed by atoms with Crippen LogP contribution in [0.2, 0.25) is 10.0 Å². The van der Waals surface area contributed by atoms with Crippen LogP contribution in [0.3, 0.4) is 0 Å². The number of hydrogen-bond donors (Lipinski definition) is 1. The summed E-state index contributed by atoms with van der Waals surface area (Å²) in [6, 6.07) is 22.4. The molecule has 4 aromatic carbocycles. The van der Waals surface area contributed by atoms with Crippen LogP contribution in [0.15, 0.2) is 72.9 Å². The number of aromatic nitrogens is 2. The van der Waals surface area contributed by atoms with Crippen LogP contribution in [-0.4, -0.2) is 83.8 Å². The lowest BCUT2D eigenvalue weighted by molar-refractivity contribution is -0.132. The zero-order valence-corrected chi connectivity index (χ0v) is 29.7. The van der Waals surface area contributed by atoms with Crippen LogP contribution in [0.5, 0.6) is 11.5 Å². The Morgan fingerprint density at radius 1 is 0.820 bits per heavy atom. The Bertz CT molecular complexity index is 2020. The molecule has 0 radical (unpaired) electrons. The Labute approximate surface area is 301 Å². The second-order valence-corrected chi connectivity index (χ2v) is 13.8. The topological polar surface area (TPSA) is 89.3 Å². The number of ether oxygens (including phenoxy) is 3. The van der Waals surface area contributed by atoms with Crippen LogP contribution < -0.4 is 9.47 Å². The quantitative estimate of drug-likeness (QED) is 0.138. The summed E-state index contributed by atoms with van der Waals surface area (Å²) in [4.78, 5) is 15.3. The van der Waals surface area contributed by atoms with E-state index in [9.17, 15) is 9.90 Å². The van der Waals surface area contributed by atoms with E-state index in [1.807, 2.05) is 53.3 Å². The fraction of sp³-hybridized carbons (Fsp3) is 0.333. The van der Waals surface area contributed by atoms with Gasteiger partial charge in [0.05, 0.1) is 43.6 Å². The molecule has 2 fully saturated rings. The van der Waals surface area contributed by atoms with Crippen molar-refractivity contribution >= 4 is 40.6 Å². The molecular weight excluding hydrogens is 675 g/mol. The van der Waals surface area contributed by atoms with Gasteiger partial charge < -0.3 is 19.3 Å². The number of benzene rings is 4. The average Bonchev–Trinajstić information content (AvgIpc) is 3.86. The van der Waals surface area contributed by atoms with E-state index in [4.69, 9.17) is 42.5 Å². The smallest absolute Gasteiger partial charge is 0.293 e. The first-order valence-corrected chi connectivity index (χ1v) is 17.6. The number of carbonyl (C=O) groups is 1. The summed E-state index contributed by atoms with van der Waals surface area (Å²) in [6.45, 7) is 5.43. The van der Waals surface area contributed by atoms with E-state index in [1.165, 1.54) is 0 Å². The number of fused-ring (bicyclic) bond motifs is 1. The third-order valence-electron chi connectivity index (χ3n) is 9.86. The van der Waals surface area contributed by atoms with Crippen molar-refractivity contribution in [3.05, 3.63) is 99.7 Å². The molecule has 0 amide bonds. The van der Waals surface area contributed by atoms with E-state index >= 15 is 0 Å². The predicted octanol–water partition coefficient (Wildman–Crippen LogP) is 7.06. The molecule has 2 aliphatic rings. The van der Waals surface area contributed by atoms with Crippen LogP contribution in [0.1, 0.15) is 29.5 Å². The van der Waals surface area contributed by atoms with E-state index in [2.05, 4.69) is 34.1 Å². The second kappa shape index (κ2) is 15.0. The third-order valence-corrected chi connectivity index (χ3v) is 10.6. The Kier molecular flexibility index (Phi) is 10.3. The Hall–Kier alpha value is -4.12. The molecule has 2 aliphatic heterocycles. The number of aliphatic hydroxyl groups excluding tert-OH is 1. The van der Waals surface area contributed by atoms with Crippen LogP contribution in [0.4, 0.5) is 0 Å². The second-order valence-electron chi connectivity index (χ2n) is 13.0. The first-order chi connectivity index (χ1) is 24.3. The molecule has 0 unspecified atom stereocenters. The lowest BCUT2D eigenvalue weighted by Gasteiger charge is -2.19. The van der Waals surface area contributed by atoms with Gasteiger partial charge in [0.25, 0.3) is 6.47 Å². The standard InChI is InChI=1S/C39H40Cl2N4O5/c1-48-37-16-25(9-10-26(37)19-44-14-12-30(23-44)50-24-46)31-5-3-7-33(39(31)41)32-6-4-8-36-34(32)18-42-45(36)21-27-17-38(49-2)28(15-35(27)40)20-43-13-11-29(47)22-43/h3-10,15-18,24,29-30,47H,11-14,19-23H2,1-2H3/t29-,30-/m1/s1. The van der Waals surface area contributed by atoms with Gasteiger partial charge >= 0.3 is 0 Å².